The van der Waals surface area contributed by atoms with Crippen LogP contribution in [0.2, 0.25) is 0 Å². The number of hydrogen-bond donors (Lipinski definition) is 2. The highest BCUT2D eigenvalue weighted by Gasteiger charge is 2.30. The molecule has 0 radical (unpaired) electrons. The number of rotatable bonds is 4. The molecule has 0 aromatic heterocycles. The zero-order valence-corrected chi connectivity index (χ0v) is 9.45. The number of nitrogens with zero attached hydrogens (tertiary/aromatic N) is 2. The van der Waals surface area contributed by atoms with Crippen molar-refractivity contribution in [1.82, 2.24) is 10.3 Å². The molecule has 0 amide bonds. The van der Waals surface area contributed by atoms with Gasteiger partial charge >= 0.3 is 0 Å². The van der Waals surface area contributed by atoms with Crippen molar-refractivity contribution in [2.45, 2.75) is 52.1 Å². The zero-order chi connectivity index (χ0) is 10.6. The third-order valence-electron chi connectivity index (χ3n) is 2.23. The monoisotopic (exact) mass is 198 g/mol. The van der Waals surface area contributed by atoms with Gasteiger partial charge in [-0.05, 0) is 33.1 Å². The maximum absolute atomic E-state index is 5.50. The SMILES string of the molecule is CCCN(C(=NC(C)C)NN)C1CC1. The van der Waals surface area contributed by atoms with E-state index >= 15 is 0 Å². The second kappa shape index (κ2) is 5.20. The summed E-state index contributed by atoms with van der Waals surface area (Å²) in [5, 5.41) is 0. The number of nitrogens with two attached hydrogens (primary N) is 1. The minimum absolute atomic E-state index is 0.291. The predicted molar refractivity (Wildman–Crippen MR) is 59.9 cm³/mol. The Morgan fingerprint density at radius 2 is 2.21 bits per heavy atom. The molecular formula is C10H22N4. The van der Waals surface area contributed by atoms with Crippen LogP contribution in [0, 0.1) is 0 Å². The maximum Gasteiger partial charge on any atom is 0.208 e. The summed E-state index contributed by atoms with van der Waals surface area (Å²) in [7, 11) is 0. The van der Waals surface area contributed by atoms with E-state index in [4.69, 9.17) is 5.84 Å². The molecule has 0 bridgehead atoms. The van der Waals surface area contributed by atoms with Crippen molar-refractivity contribution in [1.29, 1.82) is 0 Å². The second-order valence-electron chi connectivity index (χ2n) is 4.12. The summed E-state index contributed by atoms with van der Waals surface area (Å²) in [6, 6.07) is 0.961. The molecular weight excluding hydrogens is 176 g/mol. The third-order valence-corrected chi connectivity index (χ3v) is 2.23. The van der Waals surface area contributed by atoms with Gasteiger partial charge in [-0.1, -0.05) is 6.92 Å². The summed E-state index contributed by atoms with van der Waals surface area (Å²) in [4.78, 5) is 6.77. The van der Waals surface area contributed by atoms with E-state index in [2.05, 4.69) is 36.1 Å². The fourth-order valence-electron chi connectivity index (χ4n) is 1.53. The van der Waals surface area contributed by atoms with Crippen LogP contribution in [-0.2, 0) is 0 Å². The Morgan fingerprint density at radius 3 is 2.57 bits per heavy atom. The highest BCUT2D eigenvalue weighted by atomic mass is 15.4. The molecule has 0 aromatic rings. The fourth-order valence-corrected chi connectivity index (χ4v) is 1.53. The number of hydrogen-bond acceptors (Lipinski definition) is 2. The van der Waals surface area contributed by atoms with Gasteiger partial charge in [-0.2, -0.15) is 0 Å². The van der Waals surface area contributed by atoms with E-state index < -0.39 is 0 Å². The number of guanidine groups is 1. The van der Waals surface area contributed by atoms with Crippen molar-refractivity contribution in [3.8, 4) is 0 Å². The van der Waals surface area contributed by atoms with E-state index in [1.807, 2.05) is 0 Å². The molecule has 4 nitrogen and oxygen atoms in total. The summed E-state index contributed by atoms with van der Waals surface area (Å²) < 4.78 is 0. The van der Waals surface area contributed by atoms with Gasteiger partial charge in [0.25, 0.3) is 0 Å². The first kappa shape index (κ1) is 11.3. The molecule has 0 spiro atoms. The van der Waals surface area contributed by atoms with Crippen LogP contribution in [0.3, 0.4) is 0 Å². The van der Waals surface area contributed by atoms with Crippen LogP contribution in [0.15, 0.2) is 4.99 Å². The molecule has 1 fully saturated rings. The van der Waals surface area contributed by atoms with E-state index in [1.54, 1.807) is 0 Å². The summed E-state index contributed by atoms with van der Waals surface area (Å²) >= 11 is 0. The average molecular weight is 198 g/mol. The largest absolute Gasteiger partial charge is 0.339 e. The number of aliphatic imine (C=N–C) groups is 1. The molecule has 0 aliphatic heterocycles. The van der Waals surface area contributed by atoms with E-state index in [0.717, 1.165) is 18.9 Å². The highest BCUT2D eigenvalue weighted by molar-refractivity contribution is 5.80. The van der Waals surface area contributed by atoms with Gasteiger partial charge in [0, 0.05) is 18.6 Å². The average Bonchev–Trinajstić information content (AvgIpc) is 2.93. The quantitative estimate of drug-likeness (QED) is 0.308. The molecule has 82 valence electrons. The van der Waals surface area contributed by atoms with Gasteiger partial charge in [0.1, 0.15) is 0 Å². The topological polar surface area (TPSA) is 53.6 Å². The minimum atomic E-state index is 0.291. The molecule has 0 aromatic carbocycles. The normalized spacial score (nSPS) is 17.4. The lowest BCUT2D eigenvalue weighted by molar-refractivity contribution is 0.391. The van der Waals surface area contributed by atoms with Crippen LogP contribution in [-0.4, -0.2) is 29.5 Å². The Kier molecular flexibility index (Phi) is 4.20. The van der Waals surface area contributed by atoms with Crippen LogP contribution >= 0.6 is 0 Å². The lowest BCUT2D eigenvalue weighted by Crippen LogP contribution is -2.46. The van der Waals surface area contributed by atoms with Crippen LogP contribution in [0.1, 0.15) is 40.0 Å². The van der Waals surface area contributed by atoms with Crippen molar-refractivity contribution < 1.29 is 0 Å². The molecule has 0 unspecified atom stereocenters. The molecule has 14 heavy (non-hydrogen) atoms. The van der Waals surface area contributed by atoms with E-state index in [0.29, 0.717) is 12.1 Å². The fraction of sp³-hybridized carbons (Fsp3) is 0.900. The lowest BCUT2D eigenvalue weighted by atomic mass is 10.4. The van der Waals surface area contributed by atoms with Crippen LogP contribution < -0.4 is 11.3 Å². The van der Waals surface area contributed by atoms with Crippen molar-refractivity contribution >= 4 is 5.96 Å². The highest BCUT2D eigenvalue weighted by Crippen LogP contribution is 2.26. The molecule has 1 aliphatic rings. The molecule has 1 rings (SSSR count). The summed E-state index contributed by atoms with van der Waals surface area (Å²) in [5.41, 5.74) is 2.72. The number of nitrogens with one attached hydrogen (secondary N) is 1. The van der Waals surface area contributed by atoms with Crippen LogP contribution in [0.5, 0.6) is 0 Å². The molecule has 1 saturated carbocycles. The van der Waals surface area contributed by atoms with Gasteiger partial charge in [0.05, 0.1) is 0 Å². The second-order valence-corrected chi connectivity index (χ2v) is 4.12. The van der Waals surface area contributed by atoms with Gasteiger partial charge in [-0.3, -0.25) is 5.43 Å². The van der Waals surface area contributed by atoms with E-state index in [9.17, 15) is 0 Å². The van der Waals surface area contributed by atoms with Crippen molar-refractivity contribution in [2.24, 2.45) is 10.8 Å². The molecule has 4 heteroatoms. The van der Waals surface area contributed by atoms with Gasteiger partial charge < -0.3 is 4.90 Å². The molecule has 0 saturated heterocycles. The molecule has 0 heterocycles. The Morgan fingerprint density at radius 1 is 1.57 bits per heavy atom. The minimum Gasteiger partial charge on any atom is -0.339 e. The summed E-state index contributed by atoms with van der Waals surface area (Å²) in [6.07, 6.45) is 3.69. The van der Waals surface area contributed by atoms with E-state index in [1.165, 1.54) is 12.8 Å². The van der Waals surface area contributed by atoms with Crippen LogP contribution in [0.25, 0.3) is 0 Å². The standard InChI is InChI=1S/C10H22N4/c1-4-7-14(9-5-6-9)10(13-11)12-8(2)3/h8-9H,4-7,11H2,1-3H3,(H,12,13). The van der Waals surface area contributed by atoms with Crippen molar-refractivity contribution in [3.05, 3.63) is 0 Å². The molecule has 3 N–H and O–H groups in total. The Balaban J connectivity index is 2.62. The first-order valence-electron chi connectivity index (χ1n) is 5.50. The Labute approximate surface area is 86.5 Å². The zero-order valence-electron chi connectivity index (χ0n) is 9.45. The van der Waals surface area contributed by atoms with Gasteiger partial charge in [-0.25, -0.2) is 10.8 Å². The first-order valence-corrected chi connectivity index (χ1v) is 5.50. The molecule has 0 atom stereocenters. The Bertz CT molecular complexity index is 196. The maximum atomic E-state index is 5.50. The Hall–Kier alpha value is -0.770. The van der Waals surface area contributed by atoms with Crippen molar-refractivity contribution in [2.75, 3.05) is 6.54 Å². The number of hydrazine groups is 1. The van der Waals surface area contributed by atoms with Crippen LogP contribution in [0.4, 0.5) is 0 Å². The van der Waals surface area contributed by atoms with Gasteiger partial charge in [-0.15, -0.1) is 0 Å². The first-order chi connectivity index (χ1) is 6.69. The predicted octanol–water partition coefficient (Wildman–Crippen LogP) is 1.09. The molecule has 1 aliphatic carbocycles. The smallest absolute Gasteiger partial charge is 0.208 e. The van der Waals surface area contributed by atoms with Crippen molar-refractivity contribution in [3.63, 3.8) is 0 Å². The van der Waals surface area contributed by atoms with Gasteiger partial charge in [0.2, 0.25) is 5.96 Å². The van der Waals surface area contributed by atoms with E-state index in [-0.39, 0.29) is 0 Å². The third kappa shape index (κ3) is 3.18. The lowest BCUT2D eigenvalue weighted by Gasteiger charge is -2.25. The van der Waals surface area contributed by atoms with Gasteiger partial charge in [0.15, 0.2) is 0 Å². The summed E-state index contributed by atoms with van der Waals surface area (Å²) in [6.45, 7) is 7.35. The summed E-state index contributed by atoms with van der Waals surface area (Å²) in [5.74, 6) is 6.35.